The molecule has 4 heteroatoms. The van der Waals surface area contributed by atoms with E-state index in [2.05, 4.69) is 201 Å². The first-order valence-electron chi connectivity index (χ1n) is 22.6. The molecule has 0 aliphatic heterocycles. The van der Waals surface area contributed by atoms with Crippen LogP contribution in [-0.4, -0.2) is 9.13 Å². The van der Waals surface area contributed by atoms with Crippen molar-refractivity contribution in [2.75, 3.05) is 0 Å². The van der Waals surface area contributed by atoms with Gasteiger partial charge in [-0.05, 0) is 104 Å². The Bertz CT molecular complexity index is 3190. The zero-order chi connectivity index (χ0) is 45.7. The number of nitrogens with zero attached hydrogens (tertiary/aromatic N) is 4. The molecule has 0 atom stereocenters. The van der Waals surface area contributed by atoms with Crippen LogP contribution in [0.3, 0.4) is 0 Å². The van der Waals surface area contributed by atoms with Crippen LogP contribution in [0, 0.1) is 22.7 Å². The van der Waals surface area contributed by atoms with E-state index in [-0.39, 0.29) is 21.7 Å². The molecule has 0 amide bonds. The summed E-state index contributed by atoms with van der Waals surface area (Å²) in [6, 6.07) is 53.3. The number of aromatic nitrogens is 2. The van der Waals surface area contributed by atoms with Crippen LogP contribution in [0.15, 0.2) is 133 Å². The third-order valence-electron chi connectivity index (χ3n) is 13.2. The van der Waals surface area contributed by atoms with Gasteiger partial charge in [0.15, 0.2) is 0 Å². The highest BCUT2D eigenvalue weighted by Gasteiger charge is 2.33. The van der Waals surface area contributed by atoms with Gasteiger partial charge in [-0.2, -0.15) is 10.5 Å². The Morgan fingerprint density at radius 1 is 0.344 bits per heavy atom. The largest absolute Gasteiger partial charge is 0.308 e. The first-order valence-corrected chi connectivity index (χ1v) is 22.6. The van der Waals surface area contributed by atoms with Crippen LogP contribution >= 0.6 is 0 Å². The molecule has 9 aromatic rings. The predicted octanol–water partition coefficient (Wildman–Crippen LogP) is 16.1. The lowest BCUT2D eigenvalue weighted by atomic mass is 9.85. The van der Waals surface area contributed by atoms with Crippen LogP contribution in [0.5, 0.6) is 0 Å². The Kier molecular flexibility index (Phi) is 9.85. The van der Waals surface area contributed by atoms with Gasteiger partial charge in [0.25, 0.3) is 0 Å². The van der Waals surface area contributed by atoms with Crippen LogP contribution in [0.1, 0.15) is 116 Å². The van der Waals surface area contributed by atoms with Crippen molar-refractivity contribution in [3.8, 4) is 45.8 Å². The minimum absolute atomic E-state index is 0.0815. The van der Waals surface area contributed by atoms with Crippen molar-refractivity contribution in [3.05, 3.63) is 167 Å². The lowest BCUT2D eigenvalue weighted by Gasteiger charge is -2.26. The number of benzene rings is 7. The van der Waals surface area contributed by atoms with E-state index in [1.165, 1.54) is 22.3 Å². The summed E-state index contributed by atoms with van der Waals surface area (Å²) in [5, 5.41) is 28.3. The van der Waals surface area contributed by atoms with E-state index in [0.717, 1.165) is 71.6 Å². The highest BCUT2D eigenvalue weighted by Crippen LogP contribution is 2.50. The summed E-state index contributed by atoms with van der Waals surface area (Å²) < 4.78 is 4.55. The number of rotatable bonds is 4. The van der Waals surface area contributed by atoms with Crippen molar-refractivity contribution in [1.82, 2.24) is 9.13 Å². The summed E-state index contributed by atoms with van der Waals surface area (Å²) in [7, 11) is 0. The summed E-state index contributed by atoms with van der Waals surface area (Å²) in [6.45, 7) is 27.0. The maximum absolute atomic E-state index is 11.9. The van der Waals surface area contributed by atoms with Gasteiger partial charge >= 0.3 is 0 Å². The molecule has 0 bridgehead atoms. The Hall–Kier alpha value is -6.88. The van der Waals surface area contributed by atoms with E-state index in [1.807, 2.05) is 36.4 Å². The third-order valence-corrected chi connectivity index (χ3v) is 13.2. The molecule has 0 saturated heterocycles. The maximum atomic E-state index is 11.9. The molecular formula is C60H58N4. The standard InChI is InChI=1S/C60H58N4/c1-57(2,3)39-23-27-49-43(31-39)44-32-40(58(4,5)6)24-28-50(44)63(49)55-47(35-61)53(37-19-15-13-16-20-37)56(54(48(55)36-62)38-21-17-14-18-22-38)64-51-29-25-41(59(7,8)9)33-45(51)46-34-42(60(10,11)12)26-30-52(46)64/h13-34H,1-12H3. The molecule has 4 nitrogen and oxygen atoms in total. The highest BCUT2D eigenvalue weighted by molar-refractivity contribution is 6.14. The van der Waals surface area contributed by atoms with Crippen molar-refractivity contribution in [2.45, 2.75) is 105 Å². The number of hydrogen-bond donors (Lipinski definition) is 0. The number of nitriles is 2. The number of fused-ring (bicyclic) bond motifs is 6. The van der Waals surface area contributed by atoms with Crippen LogP contribution in [0.4, 0.5) is 0 Å². The molecule has 0 aliphatic carbocycles. The normalized spacial score (nSPS) is 12.7. The van der Waals surface area contributed by atoms with Gasteiger partial charge in [-0.3, -0.25) is 0 Å². The lowest BCUT2D eigenvalue weighted by molar-refractivity contribution is 0.590. The molecule has 0 spiro atoms. The van der Waals surface area contributed by atoms with Gasteiger partial charge in [-0.25, -0.2) is 0 Å². The topological polar surface area (TPSA) is 57.4 Å². The smallest absolute Gasteiger partial charge is 0.102 e. The van der Waals surface area contributed by atoms with Crippen LogP contribution in [0.2, 0.25) is 0 Å². The summed E-state index contributed by atoms with van der Waals surface area (Å²) in [4.78, 5) is 0. The molecule has 2 aromatic heterocycles. The first kappa shape index (κ1) is 42.4. The van der Waals surface area contributed by atoms with Gasteiger partial charge in [0.05, 0.1) is 44.6 Å². The fourth-order valence-corrected chi connectivity index (χ4v) is 9.55. The second-order valence-electron chi connectivity index (χ2n) is 21.8. The van der Waals surface area contributed by atoms with E-state index in [0.29, 0.717) is 16.8 Å². The van der Waals surface area contributed by atoms with Crippen molar-refractivity contribution < 1.29 is 0 Å². The van der Waals surface area contributed by atoms with Gasteiger partial charge in [0, 0.05) is 32.7 Å². The van der Waals surface area contributed by atoms with Gasteiger partial charge in [-0.15, -0.1) is 0 Å². The van der Waals surface area contributed by atoms with Crippen molar-refractivity contribution in [2.24, 2.45) is 0 Å². The van der Waals surface area contributed by atoms with Gasteiger partial charge in [0.2, 0.25) is 0 Å². The van der Waals surface area contributed by atoms with E-state index >= 15 is 0 Å². The van der Waals surface area contributed by atoms with Gasteiger partial charge < -0.3 is 9.13 Å². The second-order valence-corrected chi connectivity index (χ2v) is 21.8. The Labute approximate surface area is 379 Å². The SMILES string of the molecule is CC(C)(C)c1ccc2c(c1)c1cc(C(C)(C)C)ccc1n2-c1c(C#N)c(-c2ccccc2)c(-n2c3ccc(C(C)(C)C)cc3c3cc(C(C)(C)C)ccc32)c(-c2ccccc2)c1C#N. The third kappa shape index (κ3) is 6.89. The monoisotopic (exact) mass is 834 g/mol. The number of hydrogen-bond acceptors (Lipinski definition) is 2. The summed E-state index contributed by atoms with van der Waals surface area (Å²) >= 11 is 0. The Balaban J connectivity index is 1.55. The maximum Gasteiger partial charge on any atom is 0.102 e. The van der Waals surface area contributed by atoms with Crippen molar-refractivity contribution in [3.63, 3.8) is 0 Å². The molecule has 7 aromatic carbocycles. The van der Waals surface area contributed by atoms with Crippen LogP contribution in [-0.2, 0) is 21.7 Å². The fourth-order valence-electron chi connectivity index (χ4n) is 9.55. The molecule has 0 saturated carbocycles. The van der Waals surface area contributed by atoms with Crippen LogP contribution < -0.4 is 0 Å². The van der Waals surface area contributed by atoms with Gasteiger partial charge in [0.1, 0.15) is 12.1 Å². The van der Waals surface area contributed by atoms with Crippen molar-refractivity contribution >= 4 is 43.6 Å². The first-order chi connectivity index (χ1) is 30.2. The average Bonchev–Trinajstić information content (AvgIpc) is 3.75. The summed E-state index contributed by atoms with van der Waals surface area (Å²) in [5.41, 5.74) is 14.2. The van der Waals surface area contributed by atoms with Crippen LogP contribution in [0.25, 0.3) is 77.2 Å². The zero-order valence-electron chi connectivity index (χ0n) is 39.5. The second kappa shape index (κ2) is 14.9. The quantitative estimate of drug-likeness (QED) is 0.177. The molecular weight excluding hydrogens is 777 g/mol. The molecule has 0 fully saturated rings. The Morgan fingerprint density at radius 2 is 0.609 bits per heavy atom. The van der Waals surface area contributed by atoms with E-state index < -0.39 is 0 Å². The molecule has 0 unspecified atom stereocenters. The Morgan fingerprint density at radius 3 is 0.859 bits per heavy atom. The minimum Gasteiger partial charge on any atom is -0.308 e. The zero-order valence-corrected chi connectivity index (χ0v) is 39.5. The molecule has 0 aliphatic rings. The minimum atomic E-state index is -0.0912. The molecule has 318 valence electrons. The van der Waals surface area contributed by atoms with E-state index in [4.69, 9.17) is 0 Å². The average molecular weight is 835 g/mol. The lowest BCUT2D eigenvalue weighted by Crippen LogP contribution is -2.12. The van der Waals surface area contributed by atoms with E-state index in [1.54, 1.807) is 0 Å². The van der Waals surface area contributed by atoms with E-state index in [9.17, 15) is 10.5 Å². The molecule has 0 radical (unpaired) electrons. The molecule has 9 rings (SSSR count). The molecule has 64 heavy (non-hydrogen) atoms. The summed E-state index contributed by atoms with van der Waals surface area (Å²) in [6.07, 6.45) is 0. The van der Waals surface area contributed by atoms with Gasteiger partial charge in [-0.1, -0.05) is 168 Å². The van der Waals surface area contributed by atoms with Crippen molar-refractivity contribution in [1.29, 1.82) is 10.5 Å². The highest BCUT2D eigenvalue weighted by atomic mass is 15.0. The molecule has 2 heterocycles. The molecule has 0 N–H and O–H groups in total. The fraction of sp³-hybridized carbons (Fsp3) is 0.267. The summed E-state index contributed by atoms with van der Waals surface area (Å²) in [5.74, 6) is 0. The predicted molar refractivity (Wildman–Crippen MR) is 270 cm³/mol.